The van der Waals surface area contributed by atoms with Gasteiger partial charge in [0.25, 0.3) is 0 Å². The molecule has 0 aromatic heterocycles. The molecule has 0 spiro atoms. The van der Waals surface area contributed by atoms with Gasteiger partial charge in [-0.25, -0.2) is 0 Å². The van der Waals surface area contributed by atoms with Gasteiger partial charge in [-0.15, -0.1) is 6.58 Å². The summed E-state index contributed by atoms with van der Waals surface area (Å²) < 4.78 is 1.14. The first-order chi connectivity index (χ1) is 7.63. The van der Waals surface area contributed by atoms with Crippen LogP contribution in [0.2, 0.25) is 0 Å². The van der Waals surface area contributed by atoms with E-state index in [1.807, 2.05) is 6.08 Å². The third-order valence-corrected chi connectivity index (χ3v) is 3.54. The van der Waals surface area contributed by atoms with Crippen LogP contribution in [0.3, 0.4) is 0 Å². The van der Waals surface area contributed by atoms with Crippen molar-refractivity contribution in [3.63, 3.8) is 0 Å². The molecule has 2 rings (SSSR count). The van der Waals surface area contributed by atoms with Crippen molar-refractivity contribution >= 4 is 26.7 Å². The van der Waals surface area contributed by atoms with Crippen LogP contribution in [0.25, 0.3) is 10.8 Å². The summed E-state index contributed by atoms with van der Waals surface area (Å²) in [5, 5.41) is 2.68. The van der Waals surface area contributed by atoms with E-state index in [1.165, 1.54) is 27.5 Å². The third kappa shape index (κ3) is 1.92. The lowest BCUT2D eigenvalue weighted by atomic mass is 9.94. The molecule has 0 N–H and O–H groups in total. The summed E-state index contributed by atoms with van der Waals surface area (Å²) in [6.45, 7) is 8.17. The molecular weight excluding hydrogens is 260 g/mol. The molecule has 82 valence electrons. The van der Waals surface area contributed by atoms with E-state index >= 15 is 0 Å². The smallest absolute Gasteiger partial charge is 0.0181 e. The summed E-state index contributed by atoms with van der Waals surface area (Å²) in [5.41, 5.74) is 4.07. The Bertz CT molecular complexity index is 553. The lowest BCUT2D eigenvalue weighted by Gasteiger charge is -2.11. The van der Waals surface area contributed by atoms with Crippen molar-refractivity contribution in [2.75, 3.05) is 0 Å². The highest BCUT2D eigenvalue weighted by Gasteiger charge is 2.06. The van der Waals surface area contributed by atoms with Crippen LogP contribution < -0.4 is 0 Å². The average molecular weight is 275 g/mol. The van der Waals surface area contributed by atoms with Crippen molar-refractivity contribution in [2.45, 2.75) is 20.3 Å². The Labute approximate surface area is 105 Å². The summed E-state index contributed by atoms with van der Waals surface area (Å²) in [6.07, 6.45) is 2.90. The molecule has 0 heterocycles. The Kier molecular flexibility index (Phi) is 3.15. The maximum absolute atomic E-state index is 3.82. The van der Waals surface area contributed by atoms with Gasteiger partial charge in [0, 0.05) is 4.47 Å². The maximum atomic E-state index is 3.82. The minimum Gasteiger partial charge on any atom is -0.103 e. The van der Waals surface area contributed by atoms with Crippen molar-refractivity contribution in [2.24, 2.45) is 0 Å². The standard InChI is InChI=1S/C15H15Br/c1-4-5-12-8-10(2)14-7-6-13(16)9-15(14)11(12)3/h4,6-9H,1,5H2,2-3H3. The highest BCUT2D eigenvalue weighted by Crippen LogP contribution is 2.28. The molecule has 16 heavy (non-hydrogen) atoms. The molecule has 0 bridgehead atoms. The third-order valence-electron chi connectivity index (χ3n) is 3.05. The van der Waals surface area contributed by atoms with Crippen LogP contribution in [0, 0.1) is 13.8 Å². The van der Waals surface area contributed by atoms with Gasteiger partial charge in [-0.2, -0.15) is 0 Å². The monoisotopic (exact) mass is 274 g/mol. The van der Waals surface area contributed by atoms with Gasteiger partial charge in [-0.05, 0) is 59.9 Å². The number of allylic oxidation sites excluding steroid dienone is 1. The Morgan fingerprint density at radius 3 is 2.62 bits per heavy atom. The summed E-state index contributed by atoms with van der Waals surface area (Å²) in [4.78, 5) is 0. The number of aryl methyl sites for hydroxylation is 2. The molecule has 2 aromatic carbocycles. The zero-order chi connectivity index (χ0) is 11.7. The predicted molar refractivity (Wildman–Crippen MR) is 75.0 cm³/mol. The predicted octanol–water partition coefficient (Wildman–Crippen LogP) is 4.95. The molecule has 0 nitrogen and oxygen atoms in total. The van der Waals surface area contributed by atoms with Crippen LogP contribution in [0.1, 0.15) is 16.7 Å². The van der Waals surface area contributed by atoms with Crippen LogP contribution in [-0.4, -0.2) is 0 Å². The minimum atomic E-state index is 0.940. The van der Waals surface area contributed by atoms with Crippen LogP contribution in [0.15, 0.2) is 41.4 Å². The lowest BCUT2D eigenvalue weighted by molar-refractivity contribution is 1.22. The number of benzene rings is 2. The van der Waals surface area contributed by atoms with Crippen molar-refractivity contribution in [1.29, 1.82) is 0 Å². The topological polar surface area (TPSA) is 0 Å². The minimum absolute atomic E-state index is 0.940. The summed E-state index contributed by atoms with van der Waals surface area (Å²) in [6, 6.07) is 8.75. The van der Waals surface area contributed by atoms with Gasteiger partial charge in [0.05, 0.1) is 0 Å². The molecule has 0 unspecified atom stereocenters. The second kappa shape index (κ2) is 4.42. The maximum Gasteiger partial charge on any atom is 0.0181 e. The molecule has 0 aliphatic rings. The highest BCUT2D eigenvalue weighted by molar-refractivity contribution is 9.10. The normalized spacial score (nSPS) is 10.7. The molecular formula is C15H15Br. The number of hydrogen-bond donors (Lipinski definition) is 0. The van der Waals surface area contributed by atoms with E-state index in [0.717, 1.165) is 10.9 Å². The molecule has 0 amide bonds. The first-order valence-corrected chi connectivity index (χ1v) is 6.22. The van der Waals surface area contributed by atoms with Crippen LogP contribution in [0.5, 0.6) is 0 Å². The van der Waals surface area contributed by atoms with E-state index in [9.17, 15) is 0 Å². The zero-order valence-corrected chi connectivity index (χ0v) is 11.3. The van der Waals surface area contributed by atoms with Crippen LogP contribution in [0.4, 0.5) is 0 Å². The van der Waals surface area contributed by atoms with Gasteiger partial charge in [-0.3, -0.25) is 0 Å². The van der Waals surface area contributed by atoms with E-state index in [1.54, 1.807) is 0 Å². The average Bonchev–Trinajstić information content (AvgIpc) is 2.25. The van der Waals surface area contributed by atoms with E-state index < -0.39 is 0 Å². The SMILES string of the molecule is C=CCc1cc(C)c2ccc(Br)cc2c1C. The van der Waals surface area contributed by atoms with E-state index in [0.29, 0.717) is 0 Å². The van der Waals surface area contributed by atoms with Gasteiger partial charge in [-0.1, -0.05) is 34.1 Å². The molecule has 0 radical (unpaired) electrons. The Hall–Kier alpha value is -1.08. The molecule has 1 heteroatoms. The van der Waals surface area contributed by atoms with Crippen LogP contribution in [-0.2, 0) is 6.42 Å². The van der Waals surface area contributed by atoms with E-state index in [-0.39, 0.29) is 0 Å². The highest BCUT2D eigenvalue weighted by atomic mass is 79.9. The fourth-order valence-electron chi connectivity index (χ4n) is 2.16. The fraction of sp³-hybridized carbons (Fsp3) is 0.200. The van der Waals surface area contributed by atoms with Gasteiger partial charge in [0.1, 0.15) is 0 Å². The van der Waals surface area contributed by atoms with E-state index in [4.69, 9.17) is 0 Å². The number of halogens is 1. The van der Waals surface area contributed by atoms with Crippen molar-refractivity contribution in [3.05, 3.63) is 58.1 Å². The fourth-order valence-corrected chi connectivity index (χ4v) is 2.52. The molecule has 0 aliphatic heterocycles. The Morgan fingerprint density at radius 1 is 1.19 bits per heavy atom. The van der Waals surface area contributed by atoms with Gasteiger partial charge < -0.3 is 0 Å². The van der Waals surface area contributed by atoms with Crippen LogP contribution >= 0.6 is 15.9 Å². The van der Waals surface area contributed by atoms with E-state index in [2.05, 4.69) is 60.6 Å². The summed E-state index contributed by atoms with van der Waals surface area (Å²) >= 11 is 3.53. The molecule has 0 fully saturated rings. The van der Waals surface area contributed by atoms with Crippen molar-refractivity contribution in [3.8, 4) is 0 Å². The first kappa shape index (κ1) is 11.4. The molecule has 0 saturated carbocycles. The lowest BCUT2D eigenvalue weighted by Crippen LogP contribution is -1.92. The Morgan fingerprint density at radius 2 is 1.94 bits per heavy atom. The quantitative estimate of drug-likeness (QED) is 0.680. The number of hydrogen-bond acceptors (Lipinski definition) is 0. The van der Waals surface area contributed by atoms with Gasteiger partial charge in [0.15, 0.2) is 0 Å². The zero-order valence-electron chi connectivity index (χ0n) is 9.68. The summed E-state index contributed by atoms with van der Waals surface area (Å²) in [5.74, 6) is 0. The molecule has 0 aliphatic carbocycles. The largest absolute Gasteiger partial charge is 0.103 e. The number of rotatable bonds is 2. The molecule has 2 aromatic rings. The van der Waals surface area contributed by atoms with Gasteiger partial charge in [0.2, 0.25) is 0 Å². The van der Waals surface area contributed by atoms with Crippen molar-refractivity contribution in [1.82, 2.24) is 0 Å². The van der Waals surface area contributed by atoms with Crippen molar-refractivity contribution < 1.29 is 0 Å². The molecule has 0 saturated heterocycles. The second-order valence-corrected chi connectivity index (χ2v) is 5.08. The first-order valence-electron chi connectivity index (χ1n) is 5.42. The molecule has 0 atom stereocenters. The second-order valence-electron chi connectivity index (χ2n) is 4.16. The van der Waals surface area contributed by atoms with Gasteiger partial charge >= 0.3 is 0 Å². The Balaban J connectivity index is 2.80. The summed E-state index contributed by atoms with van der Waals surface area (Å²) in [7, 11) is 0. The number of fused-ring (bicyclic) bond motifs is 1.